The minimum absolute atomic E-state index is 0.275. The second kappa shape index (κ2) is 26.0. The average molecular weight is 1450 g/mol. The van der Waals surface area contributed by atoms with Gasteiger partial charge in [0.1, 0.15) is 6.07 Å². The van der Waals surface area contributed by atoms with E-state index in [1.54, 1.807) is 0 Å². The maximum Gasteiger partial charge on any atom is 0.232 e. The highest BCUT2D eigenvalue weighted by atomic mass is 15.2. The Kier molecular flexibility index (Phi) is 14.8. The van der Waals surface area contributed by atoms with Gasteiger partial charge in [-0.3, -0.25) is 0 Å². The summed E-state index contributed by atoms with van der Waals surface area (Å²) in [5, 5.41) is 35.9. The average Bonchev–Trinajstić information content (AvgIpc) is 1.55. The lowest BCUT2D eigenvalue weighted by Gasteiger charge is -2.28. The van der Waals surface area contributed by atoms with Gasteiger partial charge in [-0.25, -0.2) is 19.8 Å². The predicted octanol–water partition coefficient (Wildman–Crippen LogP) is 25.4. The van der Waals surface area contributed by atoms with Crippen LogP contribution in [0.3, 0.4) is 0 Å². The van der Waals surface area contributed by atoms with Crippen molar-refractivity contribution in [2.75, 3.05) is 0 Å². The zero-order valence-electron chi connectivity index (χ0n) is 61.0. The summed E-state index contributed by atoms with van der Waals surface area (Å²) in [7, 11) is 0. The molecule has 16 aromatic carbocycles. The van der Waals surface area contributed by atoms with Crippen molar-refractivity contribution in [2.24, 2.45) is 0 Å². The quantitative estimate of drug-likeness (QED) is 0.133. The van der Waals surface area contributed by atoms with Crippen molar-refractivity contribution in [3.8, 4) is 80.4 Å². The molecule has 23 rings (SSSR count). The Morgan fingerprint density at radius 3 is 0.895 bits per heavy atom. The maximum atomic E-state index is 11.9. The summed E-state index contributed by atoms with van der Waals surface area (Å²) in [6, 6.07) is 131. The summed E-state index contributed by atoms with van der Waals surface area (Å²) in [5.41, 5.74) is 20.5. The van der Waals surface area contributed by atoms with Crippen LogP contribution >= 0.6 is 0 Å². The fourth-order valence-electron chi connectivity index (χ4n) is 17.9. The van der Waals surface area contributed by atoms with Crippen LogP contribution in [0.4, 0.5) is 5.69 Å². The van der Waals surface area contributed by atoms with E-state index in [0.717, 1.165) is 160 Å². The lowest BCUT2D eigenvalue weighted by molar-refractivity contribution is 1.02. The number of nitrogens with zero attached hydrogens (tertiary/aromatic N) is 12. The van der Waals surface area contributed by atoms with Gasteiger partial charge in [-0.1, -0.05) is 261 Å². The predicted molar refractivity (Wildman–Crippen MR) is 464 cm³/mol. The fourth-order valence-corrected chi connectivity index (χ4v) is 17.9. The van der Waals surface area contributed by atoms with Crippen LogP contribution in [0.25, 0.3) is 204 Å². The van der Waals surface area contributed by atoms with Crippen LogP contribution in [0, 0.1) is 29.2 Å². The van der Waals surface area contributed by atoms with Crippen molar-refractivity contribution in [2.45, 2.75) is 0 Å². The molecule has 0 unspecified atom stereocenters. The van der Waals surface area contributed by atoms with E-state index in [1.165, 1.54) is 10.8 Å². The Morgan fingerprint density at radius 2 is 0.535 bits per heavy atom. The van der Waals surface area contributed by atoms with Crippen LogP contribution in [0.2, 0.25) is 0 Å². The molecule has 0 radical (unpaired) electrons. The van der Waals surface area contributed by atoms with Crippen molar-refractivity contribution in [3.05, 3.63) is 387 Å². The van der Waals surface area contributed by atoms with Gasteiger partial charge in [0.2, 0.25) is 5.69 Å². The molecule has 0 aliphatic rings. The number of rotatable bonds is 9. The lowest BCUT2D eigenvalue weighted by Crippen LogP contribution is -2.15. The number of para-hydroxylation sites is 11. The molecule has 0 atom stereocenters. The molecule has 0 aliphatic carbocycles. The summed E-state index contributed by atoms with van der Waals surface area (Å²) >= 11 is 0. The van der Waals surface area contributed by atoms with E-state index in [2.05, 4.69) is 323 Å². The molecule has 0 spiro atoms. The van der Waals surface area contributed by atoms with Crippen LogP contribution in [-0.2, 0) is 0 Å². The first-order chi connectivity index (χ1) is 56.5. The molecule has 0 bridgehead atoms. The van der Waals surface area contributed by atoms with Crippen molar-refractivity contribution in [3.63, 3.8) is 0 Å². The van der Waals surface area contributed by atoms with E-state index >= 15 is 0 Å². The molecule has 114 heavy (non-hydrogen) atoms. The number of hydrogen-bond donors (Lipinski definition) is 0. The van der Waals surface area contributed by atoms with Gasteiger partial charge in [-0.15, -0.1) is 0 Å². The van der Waals surface area contributed by atoms with Crippen molar-refractivity contribution in [1.29, 1.82) is 10.5 Å². The maximum absolute atomic E-state index is 11.9. The third kappa shape index (κ3) is 9.71. The first-order valence-electron chi connectivity index (χ1n) is 37.9. The SMILES string of the molecule is N#Cc1cc(-c2nc(-c3ccccc3)nc(-c3ccccc3)n2)ccc1-n1c2ccccc2c2c3c4ccccc4n(-c4ccccc4)c3ccc21.[C-]#[N+]c1c(C#N)c(-n2c3ccccc3c3ccccc32)c(-n2c3ccccc3c3ccccc32)c(-n2c3ccccc3c3ccccc32)c1-n1c2ccccc2c2ccccc21. The molecule has 12 heteroatoms. The Balaban J connectivity index is 0.000000141. The molecular formula is C102H60N12. The van der Waals surface area contributed by atoms with Crippen molar-refractivity contribution in [1.82, 2.24) is 42.4 Å². The number of hydrogen-bond acceptors (Lipinski definition) is 5. The summed E-state index contributed by atoms with van der Waals surface area (Å²) in [4.78, 5) is 19.2. The van der Waals surface area contributed by atoms with Gasteiger partial charge < -0.3 is 27.4 Å². The molecule has 0 saturated heterocycles. The molecule has 528 valence electrons. The minimum atomic E-state index is 0.275. The molecule has 0 N–H and O–H groups in total. The van der Waals surface area contributed by atoms with Crippen molar-refractivity contribution < 1.29 is 0 Å². The standard InChI is InChI=1S/C56H32N6.C46H28N6/c1-58-52-43(34-57)53(59-44-26-10-2-18-35(44)36-19-3-11-27-45(36)59)55(61-48-30-14-6-22-39(48)40-23-7-15-31-49(40)61)56(62-50-32-16-8-24-41(50)42-25-9-17-33-51(42)62)54(52)60-46-28-12-4-20-37(46)38-21-5-13-29-47(38)60;47-29-33-28-32(46-49-44(30-14-4-1-5-15-30)48-45(50-46)31-16-6-2-7-17-31)24-25-37(33)52-39-23-13-11-21-36(39)43-41(52)27-26-40-42(43)35-20-10-12-22-38(35)51(40)34-18-8-3-9-19-34/h2-33H;1-28H. The van der Waals surface area contributed by atoms with E-state index in [1.807, 2.05) is 84.9 Å². The minimum Gasteiger partial charge on any atom is -0.317 e. The van der Waals surface area contributed by atoms with Crippen LogP contribution in [0.15, 0.2) is 364 Å². The van der Waals surface area contributed by atoms with Gasteiger partial charge in [-0.05, 0) is 103 Å². The van der Waals surface area contributed by atoms with Crippen LogP contribution in [0.1, 0.15) is 11.1 Å². The molecule has 7 heterocycles. The first kappa shape index (κ1) is 64.9. The van der Waals surface area contributed by atoms with E-state index in [9.17, 15) is 17.1 Å². The van der Waals surface area contributed by atoms with Crippen molar-refractivity contribution >= 4 is 137 Å². The monoisotopic (exact) mass is 1450 g/mol. The molecule has 0 amide bonds. The largest absolute Gasteiger partial charge is 0.317 e. The summed E-state index contributed by atoms with van der Waals surface area (Å²) in [5.74, 6) is 1.66. The van der Waals surface area contributed by atoms with Gasteiger partial charge in [0.05, 0.1) is 118 Å². The zero-order valence-corrected chi connectivity index (χ0v) is 61.0. The Morgan fingerprint density at radius 1 is 0.246 bits per heavy atom. The fraction of sp³-hybridized carbons (Fsp3) is 0. The van der Waals surface area contributed by atoms with Gasteiger partial charge in [0.25, 0.3) is 0 Å². The lowest BCUT2D eigenvalue weighted by atomic mass is 10.0. The molecule has 0 aliphatic heterocycles. The van der Waals surface area contributed by atoms with E-state index in [0.29, 0.717) is 40.0 Å². The third-order valence-corrected chi connectivity index (χ3v) is 22.6. The van der Waals surface area contributed by atoms with E-state index < -0.39 is 0 Å². The first-order valence-corrected chi connectivity index (χ1v) is 37.9. The number of benzene rings is 16. The molecular weight excluding hydrogens is 1390 g/mol. The molecule has 23 aromatic rings. The van der Waals surface area contributed by atoms with Gasteiger partial charge in [0, 0.05) is 87.0 Å². The molecule has 12 nitrogen and oxygen atoms in total. The molecule has 7 aromatic heterocycles. The topological polar surface area (TPSA) is 120 Å². The normalized spacial score (nSPS) is 11.7. The summed E-state index contributed by atoms with van der Waals surface area (Å²) in [6.07, 6.45) is 0. The number of aromatic nitrogens is 9. The highest BCUT2D eigenvalue weighted by Crippen LogP contribution is 2.52. The second-order valence-electron chi connectivity index (χ2n) is 28.6. The van der Waals surface area contributed by atoms with Crippen LogP contribution in [0.5, 0.6) is 0 Å². The van der Waals surface area contributed by atoms with Crippen LogP contribution < -0.4 is 0 Å². The van der Waals surface area contributed by atoms with Gasteiger partial charge in [0.15, 0.2) is 17.5 Å². The molecule has 0 fully saturated rings. The number of nitriles is 2. The Labute approximate surface area is 652 Å². The highest BCUT2D eigenvalue weighted by molar-refractivity contribution is 6.29. The third-order valence-electron chi connectivity index (χ3n) is 22.6. The van der Waals surface area contributed by atoms with E-state index in [-0.39, 0.29) is 5.69 Å². The summed E-state index contributed by atoms with van der Waals surface area (Å²) < 4.78 is 13.8. The van der Waals surface area contributed by atoms with E-state index in [4.69, 9.17) is 15.0 Å². The summed E-state index contributed by atoms with van der Waals surface area (Å²) in [6.45, 7) is 9.29. The Bertz CT molecular complexity index is 7550. The highest BCUT2D eigenvalue weighted by Gasteiger charge is 2.35. The Hall–Kier alpha value is -16.2. The van der Waals surface area contributed by atoms with Gasteiger partial charge in [-0.2, -0.15) is 10.5 Å². The smallest absolute Gasteiger partial charge is 0.232 e. The van der Waals surface area contributed by atoms with Gasteiger partial charge >= 0.3 is 0 Å². The second-order valence-corrected chi connectivity index (χ2v) is 28.6. The number of fused-ring (bicyclic) bond motifs is 19. The molecule has 0 saturated carbocycles. The van der Waals surface area contributed by atoms with Crippen LogP contribution in [-0.4, -0.2) is 42.4 Å². The zero-order chi connectivity index (χ0) is 75.6.